The summed E-state index contributed by atoms with van der Waals surface area (Å²) in [7, 11) is 0. The van der Waals surface area contributed by atoms with Gasteiger partial charge < -0.3 is 9.53 Å². The average molecular weight is 228 g/mol. The summed E-state index contributed by atoms with van der Waals surface area (Å²) in [4.78, 5) is 8.00. The van der Waals surface area contributed by atoms with E-state index in [1.807, 2.05) is 69.2 Å². The van der Waals surface area contributed by atoms with E-state index in [1.165, 1.54) is 0 Å². The normalized spacial score (nSPS) is 9.06. The summed E-state index contributed by atoms with van der Waals surface area (Å²) >= 11 is 0. The molecule has 0 aliphatic carbocycles. The molecule has 0 saturated carbocycles. The number of carbonyl (C=O) groups excluding carboxylic acids is 1. The fourth-order valence-corrected chi connectivity index (χ4v) is 1.46. The second-order valence-electron chi connectivity index (χ2n) is 3.63. The van der Waals surface area contributed by atoms with Gasteiger partial charge in [0.25, 0.3) is 0 Å². The van der Waals surface area contributed by atoms with Gasteiger partial charge in [-0.3, -0.25) is 0 Å². The van der Waals surface area contributed by atoms with E-state index in [-0.39, 0.29) is 0 Å². The Morgan fingerprint density at radius 2 is 1.12 bits per heavy atom. The van der Waals surface area contributed by atoms with E-state index in [9.17, 15) is 0 Å². The highest BCUT2D eigenvalue weighted by Gasteiger charge is 2.01. The maximum atomic E-state index is 8.00. The van der Waals surface area contributed by atoms with E-state index in [4.69, 9.17) is 9.53 Å². The number of benzene rings is 2. The molecule has 0 radical (unpaired) electrons. The lowest BCUT2D eigenvalue weighted by Crippen LogP contribution is -1.88. The first kappa shape index (κ1) is 13.0. The van der Waals surface area contributed by atoms with Crippen LogP contribution in [0.25, 0.3) is 0 Å². The topological polar surface area (TPSA) is 26.3 Å². The van der Waals surface area contributed by atoms with Crippen LogP contribution in [-0.4, -0.2) is 6.79 Å². The summed E-state index contributed by atoms with van der Waals surface area (Å²) in [5.41, 5.74) is 2.31. The maximum absolute atomic E-state index is 8.00. The molecule has 2 heteroatoms. The zero-order valence-electron chi connectivity index (χ0n) is 10.1. The molecule has 88 valence electrons. The lowest BCUT2D eigenvalue weighted by Gasteiger charge is -2.10. The number of hydrogen-bond acceptors (Lipinski definition) is 2. The molecule has 0 bridgehead atoms. The Bertz CT molecular complexity index is 434. The highest BCUT2D eigenvalue weighted by Crippen LogP contribution is 2.26. The van der Waals surface area contributed by atoms with Crippen molar-refractivity contribution in [2.24, 2.45) is 0 Å². The summed E-state index contributed by atoms with van der Waals surface area (Å²) in [6.07, 6.45) is 0. The smallest absolute Gasteiger partial charge is 0.130 e. The van der Waals surface area contributed by atoms with Crippen LogP contribution in [0.1, 0.15) is 11.1 Å². The number of aryl methyl sites for hydroxylation is 2. The molecule has 0 amide bonds. The second kappa shape index (κ2) is 6.48. The zero-order chi connectivity index (χ0) is 12.7. The van der Waals surface area contributed by atoms with Crippen LogP contribution in [-0.2, 0) is 4.79 Å². The Morgan fingerprint density at radius 1 is 0.765 bits per heavy atom. The first-order chi connectivity index (χ1) is 8.27. The highest BCUT2D eigenvalue weighted by molar-refractivity contribution is 5.40. The van der Waals surface area contributed by atoms with E-state index in [0.717, 1.165) is 22.6 Å². The number of para-hydroxylation sites is 2. The minimum Gasteiger partial charge on any atom is -0.457 e. The van der Waals surface area contributed by atoms with Gasteiger partial charge in [0.15, 0.2) is 0 Å². The van der Waals surface area contributed by atoms with Gasteiger partial charge in [-0.05, 0) is 37.1 Å². The fourth-order valence-electron chi connectivity index (χ4n) is 1.46. The molecule has 0 heterocycles. The first-order valence-electron chi connectivity index (χ1n) is 5.35. The summed E-state index contributed by atoms with van der Waals surface area (Å²) in [5, 5.41) is 0. The minimum atomic E-state index is 0.923. The fraction of sp³-hybridized carbons (Fsp3) is 0.133. The van der Waals surface area contributed by atoms with Gasteiger partial charge in [-0.25, -0.2) is 0 Å². The quantitative estimate of drug-likeness (QED) is 0.779. The maximum Gasteiger partial charge on any atom is 0.130 e. The van der Waals surface area contributed by atoms with Crippen LogP contribution < -0.4 is 4.74 Å². The van der Waals surface area contributed by atoms with Gasteiger partial charge in [-0.2, -0.15) is 0 Å². The lowest BCUT2D eigenvalue weighted by atomic mass is 10.2. The molecular weight excluding hydrogens is 212 g/mol. The molecule has 0 fully saturated rings. The standard InChI is InChI=1S/C14H14O.CH2O/c1-11-7-3-5-9-13(11)15-14-10-6-4-8-12(14)2;1-2/h3-10H,1-2H3;1H2. The van der Waals surface area contributed by atoms with Gasteiger partial charge in [0.2, 0.25) is 0 Å². The Balaban J connectivity index is 0.000000686. The Hall–Kier alpha value is -2.09. The van der Waals surface area contributed by atoms with Crippen LogP contribution >= 0.6 is 0 Å². The van der Waals surface area contributed by atoms with Crippen molar-refractivity contribution in [1.82, 2.24) is 0 Å². The molecule has 0 aromatic heterocycles. The molecule has 0 saturated heterocycles. The van der Waals surface area contributed by atoms with Crippen molar-refractivity contribution >= 4 is 6.79 Å². The lowest BCUT2D eigenvalue weighted by molar-refractivity contribution is -0.0979. The van der Waals surface area contributed by atoms with Crippen molar-refractivity contribution in [2.45, 2.75) is 13.8 Å². The SMILES string of the molecule is C=O.Cc1ccccc1Oc1ccccc1C. The van der Waals surface area contributed by atoms with Gasteiger partial charge >= 0.3 is 0 Å². The van der Waals surface area contributed by atoms with Gasteiger partial charge in [-0.1, -0.05) is 36.4 Å². The molecule has 2 rings (SSSR count). The van der Waals surface area contributed by atoms with Crippen LogP contribution in [0.5, 0.6) is 11.5 Å². The van der Waals surface area contributed by atoms with Crippen molar-refractivity contribution in [3.63, 3.8) is 0 Å². The van der Waals surface area contributed by atoms with Crippen molar-refractivity contribution in [3.8, 4) is 11.5 Å². The third kappa shape index (κ3) is 3.45. The summed E-state index contributed by atoms with van der Waals surface area (Å²) in [5.74, 6) is 1.85. The van der Waals surface area contributed by atoms with Crippen LogP contribution in [0, 0.1) is 13.8 Å². The van der Waals surface area contributed by atoms with E-state index >= 15 is 0 Å². The van der Waals surface area contributed by atoms with E-state index in [1.54, 1.807) is 0 Å². The molecule has 0 aliphatic rings. The van der Waals surface area contributed by atoms with Gasteiger partial charge in [0.1, 0.15) is 18.3 Å². The largest absolute Gasteiger partial charge is 0.457 e. The number of rotatable bonds is 2. The number of carbonyl (C=O) groups is 1. The Kier molecular flexibility index (Phi) is 4.95. The van der Waals surface area contributed by atoms with E-state index in [2.05, 4.69) is 0 Å². The van der Waals surface area contributed by atoms with E-state index < -0.39 is 0 Å². The molecule has 0 aliphatic heterocycles. The van der Waals surface area contributed by atoms with Crippen molar-refractivity contribution in [1.29, 1.82) is 0 Å². The Morgan fingerprint density at radius 3 is 1.47 bits per heavy atom. The molecule has 2 aromatic rings. The van der Waals surface area contributed by atoms with Gasteiger partial charge in [-0.15, -0.1) is 0 Å². The average Bonchev–Trinajstić information content (AvgIpc) is 2.37. The van der Waals surface area contributed by atoms with Crippen molar-refractivity contribution in [2.75, 3.05) is 0 Å². The highest BCUT2D eigenvalue weighted by atomic mass is 16.5. The summed E-state index contributed by atoms with van der Waals surface area (Å²) < 4.78 is 5.84. The summed E-state index contributed by atoms with van der Waals surface area (Å²) in [6.45, 7) is 6.10. The molecule has 0 atom stereocenters. The van der Waals surface area contributed by atoms with Crippen LogP contribution in [0.15, 0.2) is 48.5 Å². The Labute approximate surface area is 102 Å². The molecule has 2 nitrogen and oxygen atoms in total. The minimum absolute atomic E-state index is 0.923. The molecule has 17 heavy (non-hydrogen) atoms. The van der Waals surface area contributed by atoms with Crippen LogP contribution in [0.2, 0.25) is 0 Å². The first-order valence-corrected chi connectivity index (χ1v) is 5.35. The molecule has 2 aromatic carbocycles. The predicted molar refractivity (Wildman–Crippen MR) is 69.6 cm³/mol. The predicted octanol–water partition coefficient (Wildman–Crippen LogP) is 3.91. The monoisotopic (exact) mass is 228 g/mol. The van der Waals surface area contributed by atoms with Crippen molar-refractivity contribution < 1.29 is 9.53 Å². The second-order valence-corrected chi connectivity index (χ2v) is 3.63. The van der Waals surface area contributed by atoms with Gasteiger partial charge in [0.05, 0.1) is 0 Å². The summed E-state index contributed by atoms with van der Waals surface area (Å²) in [6, 6.07) is 16.1. The van der Waals surface area contributed by atoms with Crippen molar-refractivity contribution in [3.05, 3.63) is 59.7 Å². The molecule has 0 spiro atoms. The van der Waals surface area contributed by atoms with Crippen LogP contribution in [0.3, 0.4) is 0 Å². The van der Waals surface area contributed by atoms with Crippen LogP contribution in [0.4, 0.5) is 0 Å². The molecule has 0 N–H and O–H groups in total. The number of ether oxygens (including phenoxy) is 1. The molecule has 0 unspecified atom stereocenters. The third-order valence-corrected chi connectivity index (χ3v) is 2.41. The molecular formula is C15H16O2. The van der Waals surface area contributed by atoms with E-state index in [0.29, 0.717) is 0 Å². The number of hydrogen-bond donors (Lipinski definition) is 0. The third-order valence-electron chi connectivity index (χ3n) is 2.41. The zero-order valence-corrected chi connectivity index (χ0v) is 10.1. The van der Waals surface area contributed by atoms with Gasteiger partial charge in [0, 0.05) is 0 Å².